The van der Waals surface area contributed by atoms with E-state index in [1.807, 2.05) is 19.1 Å². The summed E-state index contributed by atoms with van der Waals surface area (Å²) in [5.41, 5.74) is 1.30. The van der Waals surface area contributed by atoms with E-state index in [-0.39, 0.29) is 0 Å². The summed E-state index contributed by atoms with van der Waals surface area (Å²) in [6, 6.07) is 8.24. The van der Waals surface area contributed by atoms with E-state index in [0.29, 0.717) is 12.5 Å². The smallest absolute Gasteiger partial charge is 0.119 e. The second-order valence-electron chi connectivity index (χ2n) is 3.52. The number of rotatable bonds is 5. The minimum absolute atomic E-state index is 0.477. The summed E-state index contributed by atoms with van der Waals surface area (Å²) in [6.07, 6.45) is 7.24. The molecule has 15 heavy (non-hydrogen) atoms. The second-order valence-corrected chi connectivity index (χ2v) is 3.52. The van der Waals surface area contributed by atoms with Gasteiger partial charge in [-0.25, -0.2) is 0 Å². The van der Waals surface area contributed by atoms with Crippen molar-refractivity contribution in [3.05, 3.63) is 29.8 Å². The van der Waals surface area contributed by atoms with Crippen molar-refractivity contribution in [2.75, 3.05) is 6.61 Å². The predicted molar refractivity (Wildman–Crippen MR) is 64.1 cm³/mol. The molecule has 1 aromatic rings. The molecule has 1 atom stereocenters. The Morgan fingerprint density at radius 3 is 2.40 bits per heavy atom. The Hall–Kier alpha value is -1.42. The first-order chi connectivity index (χ1) is 7.31. The van der Waals surface area contributed by atoms with Gasteiger partial charge in [0, 0.05) is 6.42 Å². The zero-order chi connectivity index (χ0) is 11.1. The van der Waals surface area contributed by atoms with E-state index < -0.39 is 0 Å². The molecule has 1 rings (SSSR count). The van der Waals surface area contributed by atoms with Gasteiger partial charge in [-0.3, -0.25) is 0 Å². The topological polar surface area (TPSA) is 9.23 Å². The van der Waals surface area contributed by atoms with E-state index in [1.54, 1.807) is 0 Å². The van der Waals surface area contributed by atoms with Crippen molar-refractivity contribution >= 4 is 0 Å². The highest BCUT2D eigenvalue weighted by Crippen LogP contribution is 2.24. The van der Waals surface area contributed by atoms with Crippen molar-refractivity contribution in [3.8, 4) is 18.1 Å². The molecule has 0 amide bonds. The highest BCUT2D eigenvalue weighted by atomic mass is 16.5. The first-order valence-electron chi connectivity index (χ1n) is 5.48. The molecule has 0 saturated carbocycles. The van der Waals surface area contributed by atoms with Gasteiger partial charge in [0.25, 0.3) is 0 Å². The van der Waals surface area contributed by atoms with Gasteiger partial charge >= 0.3 is 0 Å². The van der Waals surface area contributed by atoms with Crippen LogP contribution in [-0.2, 0) is 0 Å². The molecule has 0 saturated heterocycles. The van der Waals surface area contributed by atoms with Crippen molar-refractivity contribution in [3.63, 3.8) is 0 Å². The molecule has 1 heteroatoms. The van der Waals surface area contributed by atoms with Gasteiger partial charge in [0.1, 0.15) is 5.75 Å². The molecule has 0 aliphatic rings. The maximum Gasteiger partial charge on any atom is 0.119 e. The maximum absolute atomic E-state index is 5.39. The summed E-state index contributed by atoms with van der Waals surface area (Å²) in [7, 11) is 0. The van der Waals surface area contributed by atoms with Crippen LogP contribution in [0.3, 0.4) is 0 Å². The van der Waals surface area contributed by atoms with Crippen LogP contribution < -0.4 is 4.74 Å². The summed E-state index contributed by atoms with van der Waals surface area (Å²) in [5.74, 6) is 4.13. The normalized spacial score (nSPS) is 11.8. The molecule has 0 aromatic heterocycles. The zero-order valence-electron chi connectivity index (χ0n) is 9.49. The molecular formula is C14H18O. The fourth-order valence-electron chi connectivity index (χ4n) is 1.64. The van der Waals surface area contributed by atoms with Crippen LogP contribution in [0.4, 0.5) is 0 Å². The molecule has 0 heterocycles. The lowest BCUT2D eigenvalue weighted by molar-refractivity contribution is 0.340. The van der Waals surface area contributed by atoms with Crippen LogP contribution in [0.5, 0.6) is 5.75 Å². The Balaban J connectivity index is 2.73. The van der Waals surface area contributed by atoms with Crippen molar-refractivity contribution in [2.24, 2.45) is 0 Å². The van der Waals surface area contributed by atoms with Crippen molar-refractivity contribution in [1.82, 2.24) is 0 Å². The lowest BCUT2D eigenvalue weighted by Crippen LogP contribution is -1.97. The third kappa shape index (κ3) is 3.32. The molecule has 0 bridgehead atoms. The average molecular weight is 202 g/mol. The molecule has 0 spiro atoms. The van der Waals surface area contributed by atoms with Crippen molar-refractivity contribution < 1.29 is 4.74 Å². The molecule has 1 aromatic carbocycles. The van der Waals surface area contributed by atoms with Gasteiger partial charge < -0.3 is 4.74 Å². The first kappa shape index (κ1) is 11.7. The minimum atomic E-state index is 0.477. The van der Waals surface area contributed by atoms with E-state index in [2.05, 4.69) is 25.0 Å². The standard InChI is InChI=1S/C14H18O/c1-4-7-12(5-2)13-8-10-14(11-9-13)15-6-3/h1,8-12H,5-7H2,2-3H3. The fourth-order valence-corrected chi connectivity index (χ4v) is 1.64. The Kier molecular flexibility index (Phi) is 4.77. The Labute approximate surface area is 92.5 Å². The molecule has 80 valence electrons. The van der Waals surface area contributed by atoms with Gasteiger partial charge in [-0.1, -0.05) is 19.1 Å². The summed E-state index contributed by atoms with van der Waals surface area (Å²) in [4.78, 5) is 0. The number of ether oxygens (including phenoxy) is 1. The summed E-state index contributed by atoms with van der Waals surface area (Å²) in [6.45, 7) is 4.86. The molecule has 0 aliphatic heterocycles. The lowest BCUT2D eigenvalue weighted by atomic mass is 9.94. The summed E-state index contributed by atoms with van der Waals surface area (Å²) < 4.78 is 5.39. The molecule has 1 unspecified atom stereocenters. The highest BCUT2D eigenvalue weighted by Gasteiger charge is 2.07. The Morgan fingerprint density at radius 1 is 1.27 bits per heavy atom. The Morgan fingerprint density at radius 2 is 1.93 bits per heavy atom. The van der Waals surface area contributed by atoms with Crippen LogP contribution in [0.2, 0.25) is 0 Å². The lowest BCUT2D eigenvalue weighted by Gasteiger charge is -2.12. The number of hydrogen-bond acceptors (Lipinski definition) is 1. The summed E-state index contributed by atoms with van der Waals surface area (Å²) >= 11 is 0. The highest BCUT2D eigenvalue weighted by molar-refractivity contribution is 5.30. The van der Waals surface area contributed by atoms with Gasteiger partial charge in [-0.2, -0.15) is 0 Å². The second kappa shape index (κ2) is 6.14. The predicted octanol–water partition coefficient (Wildman–Crippen LogP) is 3.60. The van der Waals surface area contributed by atoms with E-state index in [9.17, 15) is 0 Å². The van der Waals surface area contributed by atoms with E-state index in [0.717, 1.165) is 18.6 Å². The number of hydrogen-bond donors (Lipinski definition) is 0. The van der Waals surface area contributed by atoms with Crippen LogP contribution in [0, 0.1) is 12.3 Å². The summed E-state index contributed by atoms with van der Waals surface area (Å²) in [5, 5.41) is 0. The van der Waals surface area contributed by atoms with Crippen LogP contribution in [0.25, 0.3) is 0 Å². The zero-order valence-corrected chi connectivity index (χ0v) is 9.49. The van der Waals surface area contributed by atoms with Gasteiger partial charge in [-0.05, 0) is 37.0 Å². The van der Waals surface area contributed by atoms with Gasteiger partial charge in [0.05, 0.1) is 6.61 Å². The average Bonchev–Trinajstić information content (AvgIpc) is 2.28. The Bertz CT molecular complexity index is 318. The SMILES string of the molecule is C#CCC(CC)c1ccc(OCC)cc1. The van der Waals surface area contributed by atoms with Crippen LogP contribution >= 0.6 is 0 Å². The van der Waals surface area contributed by atoms with Crippen molar-refractivity contribution in [2.45, 2.75) is 32.6 Å². The van der Waals surface area contributed by atoms with Crippen LogP contribution in [0.15, 0.2) is 24.3 Å². The minimum Gasteiger partial charge on any atom is -0.494 e. The quantitative estimate of drug-likeness (QED) is 0.663. The molecule has 0 aliphatic carbocycles. The van der Waals surface area contributed by atoms with Gasteiger partial charge in [0.15, 0.2) is 0 Å². The molecule has 0 fully saturated rings. The monoisotopic (exact) mass is 202 g/mol. The molecular weight excluding hydrogens is 184 g/mol. The molecule has 0 radical (unpaired) electrons. The third-order valence-electron chi connectivity index (χ3n) is 2.52. The third-order valence-corrected chi connectivity index (χ3v) is 2.52. The van der Waals surface area contributed by atoms with Crippen LogP contribution in [-0.4, -0.2) is 6.61 Å². The number of benzene rings is 1. The van der Waals surface area contributed by atoms with Crippen LogP contribution in [0.1, 0.15) is 38.2 Å². The van der Waals surface area contributed by atoms with E-state index >= 15 is 0 Å². The van der Waals surface area contributed by atoms with E-state index in [1.165, 1.54) is 5.56 Å². The molecule has 1 nitrogen and oxygen atoms in total. The first-order valence-corrected chi connectivity index (χ1v) is 5.48. The largest absolute Gasteiger partial charge is 0.494 e. The van der Waals surface area contributed by atoms with E-state index in [4.69, 9.17) is 11.2 Å². The maximum atomic E-state index is 5.39. The van der Waals surface area contributed by atoms with Crippen molar-refractivity contribution in [1.29, 1.82) is 0 Å². The fraction of sp³-hybridized carbons (Fsp3) is 0.429. The van der Waals surface area contributed by atoms with Gasteiger partial charge in [0.2, 0.25) is 0 Å². The number of terminal acetylenes is 1. The van der Waals surface area contributed by atoms with Gasteiger partial charge in [-0.15, -0.1) is 12.3 Å². The molecule has 0 N–H and O–H groups in total.